The Labute approximate surface area is 136 Å². The van der Waals surface area contributed by atoms with Crippen LogP contribution in [0.4, 0.5) is 0 Å². The van der Waals surface area contributed by atoms with Crippen LogP contribution in [0.5, 0.6) is 0 Å². The second-order valence-corrected chi connectivity index (χ2v) is 6.56. The van der Waals surface area contributed by atoms with E-state index in [1.165, 1.54) is 0 Å². The number of nitrogens with zero attached hydrogens (tertiary/aromatic N) is 2. The van der Waals surface area contributed by atoms with E-state index < -0.39 is 0 Å². The summed E-state index contributed by atoms with van der Waals surface area (Å²) in [5, 5.41) is 0. The molecule has 3 heterocycles. The van der Waals surface area contributed by atoms with Crippen LogP contribution in [0.15, 0.2) is 24.3 Å². The molecule has 1 N–H and O–H groups in total. The third-order valence-corrected chi connectivity index (χ3v) is 5.00. The number of nitrogens with one attached hydrogen (secondary N) is 1. The van der Waals surface area contributed by atoms with Crippen molar-refractivity contribution >= 4 is 16.9 Å². The number of benzene rings is 1. The molecule has 1 amide bonds. The van der Waals surface area contributed by atoms with Gasteiger partial charge in [-0.15, -0.1) is 0 Å². The van der Waals surface area contributed by atoms with Crippen LogP contribution in [0.2, 0.25) is 0 Å². The Morgan fingerprint density at radius 1 is 1.30 bits per heavy atom. The number of rotatable bonds is 4. The van der Waals surface area contributed by atoms with E-state index in [1.807, 2.05) is 29.2 Å². The fourth-order valence-corrected chi connectivity index (χ4v) is 3.78. The molecule has 0 aliphatic carbocycles. The van der Waals surface area contributed by atoms with Gasteiger partial charge < -0.3 is 14.6 Å². The summed E-state index contributed by atoms with van der Waals surface area (Å²) in [4.78, 5) is 22.7. The standard InChI is InChI=1S/C18H23N3O2/c22-17(10-9-13-5-4-12-23-13)21-11-3-8-16(21)18-19-14-6-1-2-7-15(14)20-18/h1-2,6-7,13,16H,3-5,8-12H2,(H,19,20)/t13-,16-/m1/s1. The zero-order valence-electron chi connectivity index (χ0n) is 13.3. The zero-order valence-corrected chi connectivity index (χ0v) is 13.3. The lowest BCUT2D eigenvalue weighted by Gasteiger charge is -2.23. The van der Waals surface area contributed by atoms with E-state index in [0.29, 0.717) is 6.42 Å². The summed E-state index contributed by atoms with van der Waals surface area (Å²) in [6.07, 6.45) is 5.98. The minimum atomic E-state index is 0.0967. The number of fused-ring (bicyclic) bond motifs is 1. The highest BCUT2D eigenvalue weighted by Crippen LogP contribution is 2.32. The lowest BCUT2D eigenvalue weighted by Crippen LogP contribution is -2.31. The molecular formula is C18H23N3O2. The molecule has 0 spiro atoms. The molecule has 0 saturated carbocycles. The summed E-state index contributed by atoms with van der Waals surface area (Å²) in [5.41, 5.74) is 2.02. The van der Waals surface area contributed by atoms with Gasteiger partial charge in [0.25, 0.3) is 0 Å². The van der Waals surface area contributed by atoms with Gasteiger partial charge in [-0.25, -0.2) is 4.98 Å². The van der Waals surface area contributed by atoms with Crippen LogP contribution in [-0.4, -0.2) is 40.0 Å². The smallest absolute Gasteiger partial charge is 0.223 e. The van der Waals surface area contributed by atoms with Crippen LogP contribution >= 0.6 is 0 Å². The Hall–Kier alpha value is -1.88. The minimum absolute atomic E-state index is 0.0967. The lowest BCUT2D eigenvalue weighted by atomic mass is 10.1. The van der Waals surface area contributed by atoms with E-state index in [4.69, 9.17) is 9.72 Å². The van der Waals surface area contributed by atoms with E-state index in [9.17, 15) is 4.79 Å². The van der Waals surface area contributed by atoms with Gasteiger partial charge in [-0.2, -0.15) is 0 Å². The van der Waals surface area contributed by atoms with Gasteiger partial charge in [0.1, 0.15) is 5.82 Å². The fourth-order valence-electron chi connectivity index (χ4n) is 3.78. The number of hydrogen-bond acceptors (Lipinski definition) is 3. The molecule has 2 aliphatic heterocycles. The van der Waals surface area contributed by atoms with Crippen molar-refractivity contribution < 1.29 is 9.53 Å². The topological polar surface area (TPSA) is 58.2 Å². The van der Waals surface area contributed by atoms with Gasteiger partial charge in [-0.3, -0.25) is 4.79 Å². The number of ether oxygens (including phenoxy) is 1. The Morgan fingerprint density at radius 2 is 2.22 bits per heavy atom. The van der Waals surface area contributed by atoms with E-state index in [0.717, 1.165) is 62.1 Å². The third-order valence-electron chi connectivity index (χ3n) is 5.00. The predicted octanol–water partition coefficient (Wildman–Crippen LogP) is 3.19. The average Bonchev–Trinajstić information content (AvgIpc) is 3.31. The van der Waals surface area contributed by atoms with Gasteiger partial charge in [-0.1, -0.05) is 12.1 Å². The van der Waals surface area contributed by atoms with Gasteiger partial charge in [0.2, 0.25) is 5.91 Å². The van der Waals surface area contributed by atoms with Crippen molar-refractivity contribution in [2.75, 3.05) is 13.2 Å². The van der Waals surface area contributed by atoms with Crippen molar-refractivity contribution in [1.82, 2.24) is 14.9 Å². The average molecular weight is 313 g/mol. The molecule has 4 rings (SSSR count). The molecule has 122 valence electrons. The number of H-pyrrole nitrogens is 1. The van der Waals surface area contributed by atoms with Crippen LogP contribution in [0.25, 0.3) is 11.0 Å². The van der Waals surface area contributed by atoms with E-state index in [-0.39, 0.29) is 18.1 Å². The summed E-state index contributed by atoms with van der Waals surface area (Å²) in [6.45, 7) is 1.69. The van der Waals surface area contributed by atoms with Gasteiger partial charge in [-0.05, 0) is 44.2 Å². The number of amides is 1. The Kier molecular flexibility index (Phi) is 4.04. The largest absolute Gasteiger partial charge is 0.378 e. The number of hydrogen-bond donors (Lipinski definition) is 1. The highest BCUT2D eigenvalue weighted by atomic mass is 16.5. The second-order valence-electron chi connectivity index (χ2n) is 6.56. The molecule has 0 unspecified atom stereocenters. The molecule has 1 aromatic carbocycles. The molecule has 1 aromatic heterocycles. The van der Waals surface area contributed by atoms with Crippen LogP contribution in [-0.2, 0) is 9.53 Å². The zero-order chi connectivity index (χ0) is 15.6. The van der Waals surface area contributed by atoms with E-state index in [2.05, 4.69) is 4.98 Å². The first-order chi connectivity index (χ1) is 11.3. The molecule has 2 aromatic rings. The minimum Gasteiger partial charge on any atom is -0.378 e. The molecule has 5 heteroatoms. The lowest BCUT2D eigenvalue weighted by molar-refractivity contribution is -0.132. The number of carbonyl (C=O) groups is 1. The molecule has 2 atom stereocenters. The number of aromatic nitrogens is 2. The quantitative estimate of drug-likeness (QED) is 0.943. The summed E-state index contributed by atoms with van der Waals surface area (Å²) < 4.78 is 5.63. The first kappa shape index (κ1) is 14.7. The monoisotopic (exact) mass is 313 g/mol. The Morgan fingerprint density at radius 3 is 3.04 bits per heavy atom. The molecule has 5 nitrogen and oxygen atoms in total. The number of imidazole rings is 1. The molecule has 2 fully saturated rings. The van der Waals surface area contributed by atoms with Crippen LogP contribution in [0, 0.1) is 0 Å². The van der Waals surface area contributed by atoms with Gasteiger partial charge in [0, 0.05) is 19.6 Å². The molecule has 2 aliphatic rings. The third kappa shape index (κ3) is 2.98. The molecular weight excluding hydrogens is 290 g/mol. The number of para-hydroxylation sites is 2. The summed E-state index contributed by atoms with van der Waals surface area (Å²) in [7, 11) is 0. The maximum absolute atomic E-state index is 12.6. The number of aromatic amines is 1. The molecule has 2 saturated heterocycles. The maximum atomic E-state index is 12.6. The van der Waals surface area contributed by atoms with Crippen LogP contribution < -0.4 is 0 Å². The van der Waals surface area contributed by atoms with Crippen LogP contribution in [0.1, 0.15) is 50.4 Å². The maximum Gasteiger partial charge on any atom is 0.223 e. The Balaban J connectivity index is 1.46. The molecule has 0 radical (unpaired) electrons. The summed E-state index contributed by atoms with van der Waals surface area (Å²) in [5.74, 6) is 1.16. The predicted molar refractivity (Wildman–Crippen MR) is 88.0 cm³/mol. The fraction of sp³-hybridized carbons (Fsp3) is 0.556. The van der Waals surface area contributed by atoms with Crippen molar-refractivity contribution in [3.63, 3.8) is 0 Å². The van der Waals surface area contributed by atoms with Crippen LogP contribution in [0.3, 0.4) is 0 Å². The molecule has 0 bridgehead atoms. The SMILES string of the molecule is O=C(CC[C@H]1CCCO1)N1CCC[C@@H]1c1nc2ccccc2[nH]1. The van der Waals surface area contributed by atoms with E-state index in [1.54, 1.807) is 0 Å². The van der Waals surface area contributed by atoms with Crippen molar-refractivity contribution in [2.24, 2.45) is 0 Å². The van der Waals surface area contributed by atoms with E-state index >= 15 is 0 Å². The number of carbonyl (C=O) groups excluding carboxylic acids is 1. The van der Waals surface area contributed by atoms with Crippen molar-refractivity contribution in [2.45, 2.75) is 50.7 Å². The second kappa shape index (κ2) is 6.32. The highest BCUT2D eigenvalue weighted by Gasteiger charge is 2.32. The number of likely N-dealkylation sites (tertiary alicyclic amines) is 1. The van der Waals surface area contributed by atoms with Gasteiger partial charge in [0.05, 0.1) is 23.2 Å². The van der Waals surface area contributed by atoms with Crippen molar-refractivity contribution in [3.05, 3.63) is 30.1 Å². The normalized spacial score (nSPS) is 24.6. The first-order valence-corrected chi connectivity index (χ1v) is 8.67. The molecule has 23 heavy (non-hydrogen) atoms. The highest BCUT2D eigenvalue weighted by molar-refractivity contribution is 5.78. The van der Waals surface area contributed by atoms with Crippen molar-refractivity contribution in [3.8, 4) is 0 Å². The van der Waals surface area contributed by atoms with Gasteiger partial charge in [0.15, 0.2) is 0 Å². The van der Waals surface area contributed by atoms with Crippen molar-refractivity contribution in [1.29, 1.82) is 0 Å². The summed E-state index contributed by atoms with van der Waals surface area (Å²) >= 11 is 0. The Bertz CT molecular complexity index is 657. The van der Waals surface area contributed by atoms with Gasteiger partial charge >= 0.3 is 0 Å². The summed E-state index contributed by atoms with van der Waals surface area (Å²) in [6, 6.07) is 8.13. The first-order valence-electron chi connectivity index (χ1n) is 8.67.